The van der Waals surface area contributed by atoms with Crippen molar-refractivity contribution in [2.24, 2.45) is 0 Å². The highest BCUT2D eigenvalue weighted by atomic mass is 32.1. The van der Waals surface area contributed by atoms with E-state index in [0.717, 1.165) is 27.9 Å². The summed E-state index contributed by atoms with van der Waals surface area (Å²) in [6, 6.07) is 18.8. The van der Waals surface area contributed by atoms with Crippen LogP contribution in [0.25, 0.3) is 10.6 Å². The normalized spacial score (nSPS) is 15.7. The van der Waals surface area contributed by atoms with E-state index in [1.807, 2.05) is 30.3 Å². The maximum Gasteiger partial charge on any atom is 0.294 e. The fraction of sp³-hybridized carbons (Fsp3) is 0.0741. The third-order valence-corrected chi connectivity index (χ3v) is 6.97. The zero-order chi connectivity index (χ0) is 24.7. The molecule has 1 aliphatic heterocycles. The van der Waals surface area contributed by atoms with Crippen LogP contribution in [0.1, 0.15) is 27.0 Å². The van der Waals surface area contributed by atoms with E-state index in [9.17, 15) is 23.5 Å². The Morgan fingerprint density at radius 2 is 1.71 bits per heavy atom. The van der Waals surface area contributed by atoms with Crippen molar-refractivity contribution < 1.29 is 23.5 Å². The first kappa shape index (κ1) is 22.6. The predicted octanol–water partition coefficient (Wildman–Crippen LogP) is 6.18. The molecule has 1 amide bonds. The highest BCUT2D eigenvalue weighted by Gasteiger charge is 2.46. The summed E-state index contributed by atoms with van der Waals surface area (Å²) in [5.74, 6) is -3.65. The number of hydrogen-bond donors (Lipinski definition) is 1. The largest absolute Gasteiger partial charge is 0.503 e. The van der Waals surface area contributed by atoms with Crippen LogP contribution in [0.5, 0.6) is 0 Å². The second kappa shape index (κ2) is 8.88. The number of anilines is 1. The summed E-state index contributed by atoms with van der Waals surface area (Å²) >= 11 is 1.12. The van der Waals surface area contributed by atoms with Crippen molar-refractivity contribution in [2.75, 3.05) is 4.90 Å². The van der Waals surface area contributed by atoms with Gasteiger partial charge >= 0.3 is 0 Å². The van der Waals surface area contributed by atoms with E-state index in [4.69, 9.17) is 0 Å². The Hall–Kier alpha value is -4.17. The van der Waals surface area contributed by atoms with Crippen molar-refractivity contribution in [3.8, 4) is 10.6 Å². The number of amides is 1. The topological polar surface area (TPSA) is 70.5 Å². The summed E-state index contributed by atoms with van der Waals surface area (Å²) in [5, 5.41) is 11.5. The van der Waals surface area contributed by atoms with E-state index >= 15 is 0 Å². The maximum absolute atomic E-state index is 15.0. The van der Waals surface area contributed by atoms with Crippen LogP contribution in [-0.2, 0) is 4.79 Å². The third-order valence-electron chi connectivity index (χ3n) is 5.76. The maximum atomic E-state index is 15.0. The van der Waals surface area contributed by atoms with Crippen molar-refractivity contribution in [1.29, 1.82) is 0 Å². The van der Waals surface area contributed by atoms with E-state index in [-0.39, 0.29) is 21.7 Å². The Morgan fingerprint density at radius 3 is 2.43 bits per heavy atom. The van der Waals surface area contributed by atoms with Gasteiger partial charge in [-0.15, -0.1) is 11.3 Å². The number of aryl methyl sites for hydroxylation is 1. The summed E-state index contributed by atoms with van der Waals surface area (Å²) in [6.07, 6.45) is 0. The second-order valence-corrected chi connectivity index (χ2v) is 8.97. The highest BCUT2D eigenvalue weighted by Crippen LogP contribution is 2.44. The van der Waals surface area contributed by atoms with Gasteiger partial charge in [0.2, 0.25) is 5.78 Å². The number of nitrogens with zero attached hydrogens (tertiary/aromatic N) is 2. The molecule has 4 aromatic rings. The predicted molar refractivity (Wildman–Crippen MR) is 129 cm³/mol. The number of hydrogen-bond acceptors (Lipinski definition) is 5. The van der Waals surface area contributed by atoms with E-state index in [1.165, 1.54) is 36.4 Å². The van der Waals surface area contributed by atoms with Gasteiger partial charge in [-0.05, 0) is 31.2 Å². The van der Waals surface area contributed by atoms with Crippen molar-refractivity contribution in [2.45, 2.75) is 13.0 Å². The molecule has 0 fully saturated rings. The standard InChI is InChI=1S/C27H18F2N2O3S/c1-15-25(35-26(30-15)16-8-3-2-4-9-16)23(32)21-22(19-12-5-6-13-20(19)29)31(27(34)24(21)33)18-11-7-10-17(28)14-18/h2-14,22,33H,1H3. The number of Topliss-reactive ketones (excluding diaryl/α,β-unsaturated/α-hetero) is 1. The molecule has 1 unspecified atom stereocenters. The Bertz CT molecular complexity index is 1500. The van der Waals surface area contributed by atoms with Crippen LogP contribution in [-0.4, -0.2) is 21.8 Å². The van der Waals surface area contributed by atoms with Gasteiger partial charge in [0.05, 0.1) is 22.2 Å². The Morgan fingerprint density at radius 1 is 1.00 bits per heavy atom. The minimum absolute atomic E-state index is 0.00274. The van der Waals surface area contributed by atoms with Crippen molar-refractivity contribution in [3.05, 3.63) is 118 Å². The molecule has 5 nitrogen and oxygen atoms in total. The number of benzene rings is 3. The number of rotatable bonds is 5. The minimum Gasteiger partial charge on any atom is -0.503 e. The van der Waals surface area contributed by atoms with Crippen molar-refractivity contribution in [1.82, 2.24) is 4.98 Å². The van der Waals surface area contributed by atoms with Gasteiger partial charge in [-0.3, -0.25) is 14.5 Å². The number of carbonyl (C=O) groups excluding carboxylic acids is 2. The zero-order valence-corrected chi connectivity index (χ0v) is 19.2. The molecule has 1 atom stereocenters. The van der Waals surface area contributed by atoms with Gasteiger partial charge in [-0.2, -0.15) is 0 Å². The van der Waals surface area contributed by atoms with Crippen LogP contribution in [0.4, 0.5) is 14.5 Å². The van der Waals surface area contributed by atoms with Gasteiger partial charge in [-0.25, -0.2) is 13.8 Å². The van der Waals surface area contributed by atoms with Crippen LogP contribution in [0, 0.1) is 18.6 Å². The number of carbonyl (C=O) groups is 2. The zero-order valence-electron chi connectivity index (χ0n) is 18.4. The van der Waals surface area contributed by atoms with E-state index < -0.39 is 35.1 Å². The van der Waals surface area contributed by atoms with Crippen LogP contribution in [0.3, 0.4) is 0 Å². The quantitative estimate of drug-likeness (QED) is 0.341. The molecule has 5 rings (SSSR count). The SMILES string of the molecule is Cc1nc(-c2ccccc2)sc1C(=O)C1=C(O)C(=O)N(c2cccc(F)c2)C1c1ccccc1F. The smallest absolute Gasteiger partial charge is 0.294 e. The van der Waals surface area contributed by atoms with Gasteiger partial charge in [-0.1, -0.05) is 54.6 Å². The number of halogens is 2. The molecule has 0 spiro atoms. The van der Waals surface area contributed by atoms with E-state index in [2.05, 4.69) is 4.98 Å². The molecule has 0 bridgehead atoms. The molecule has 1 aliphatic rings. The number of thiazole rings is 1. The lowest BCUT2D eigenvalue weighted by Crippen LogP contribution is -2.31. The van der Waals surface area contributed by atoms with Gasteiger partial charge in [0.25, 0.3) is 5.91 Å². The van der Waals surface area contributed by atoms with Gasteiger partial charge < -0.3 is 5.11 Å². The minimum atomic E-state index is -1.29. The lowest BCUT2D eigenvalue weighted by atomic mass is 9.94. The third kappa shape index (κ3) is 3.91. The number of aromatic nitrogens is 1. The molecule has 35 heavy (non-hydrogen) atoms. The van der Waals surface area contributed by atoms with Crippen LogP contribution < -0.4 is 4.90 Å². The molecule has 8 heteroatoms. The molecule has 0 saturated carbocycles. The first-order chi connectivity index (χ1) is 16.9. The lowest BCUT2D eigenvalue weighted by molar-refractivity contribution is -0.117. The van der Waals surface area contributed by atoms with Crippen molar-refractivity contribution >= 4 is 28.7 Å². The van der Waals surface area contributed by atoms with E-state index in [0.29, 0.717) is 10.7 Å². The average molecular weight is 489 g/mol. The van der Waals surface area contributed by atoms with Crippen LogP contribution in [0.15, 0.2) is 90.2 Å². The molecule has 2 heterocycles. The van der Waals surface area contributed by atoms with Crippen molar-refractivity contribution in [3.63, 3.8) is 0 Å². The first-order valence-electron chi connectivity index (χ1n) is 10.7. The molecule has 0 radical (unpaired) electrons. The average Bonchev–Trinajstić information content (AvgIpc) is 3.37. The highest BCUT2D eigenvalue weighted by molar-refractivity contribution is 7.17. The number of ketones is 1. The summed E-state index contributed by atoms with van der Waals surface area (Å²) in [5.41, 5.74) is 1.04. The Labute approximate surface area is 203 Å². The molecular formula is C27H18F2N2O3S. The van der Waals surface area contributed by atoms with Crippen LogP contribution >= 0.6 is 11.3 Å². The molecule has 1 aromatic heterocycles. The van der Waals surface area contributed by atoms with Crippen LogP contribution in [0.2, 0.25) is 0 Å². The monoisotopic (exact) mass is 488 g/mol. The summed E-state index contributed by atoms with van der Waals surface area (Å²) in [4.78, 5) is 32.7. The summed E-state index contributed by atoms with van der Waals surface area (Å²) in [7, 11) is 0. The molecular weight excluding hydrogens is 470 g/mol. The summed E-state index contributed by atoms with van der Waals surface area (Å²) in [6.45, 7) is 1.66. The summed E-state index contributed by atoms with van der Waals surface area (Å²) < 4.78 is 29.0. The molecule has 0 saturated heterocycles. The second-order valence-electron chi connectivity index (χ2n) is 7.97. The Balaban J connectivity index is 1.66. The molecule has 0 aliphatic carbocycles. The van der Waals surface area contributed by atoms with E-state index in [1.54, 1.807) is 13.0 Å². The number of aliphatic hydroxyl groups excluding tert-OH is 1. The number of aliphatic hydroxyl groups is 1. The fourth-order valence-corrected chi connectivity index (χ4v) is 5.18. The molecule has 3 aromatic carbocycles. The molecule has 1 N–H and O–H groups in total. The van der Waals surface area contributed by atoms with Gasteiger partial charge in [0.1, 0.15) is 16.6 Å². The molecule has 174 valence electrons. The van der Waals surface area contributed by atoms with Gasteiger partial charge in [0, 0.05) is 16.8 Å². The first-order valence-corrected chi connectivity index (χ1v) is 11.5. The lowest BCUT2D eigenvalue weighted by Gasteiger charge is -2.27. The fourth-order valence-electron chi connectivity index (χ4n) is 4.15. The van der Waals surface area contributed by atoms with Gasteiger partial charge in [0.15, 0.2) is 5.76 Å². The Kier molecular flexibility index (Phi) is 5.74.